The molecule has 4 nitrogen and oxygen atoms in total. The largest absolute Gasteiger partial charge is 0.353 e. The first-order valence-corrected chi connectivity index (χ1v) is 6.93. The van der Waals surface area contributed by atoms with E-state index in [-0.39, 0.29) is 11.3 Å². The van der Waals surface area contributed by atoms with Gasteiger partial charge in [-0.3, -0.25) is 4.79 Å². The van der Waals surface area contributed by atoms with Gasteiger partial charge in [-0.1, -0.05) is 0 Å². The van der Waals surface area contributed by atoms with Gasteiger partial charge in [0.15, 0.2) is 0 Å². The number of hydrogen-bond donors (Lipinski definition) is 1. The van der Waals surface area contributed by atoms with E-state index in [9.17, 15) is 4.79 Å². The number of fused-ring (bicyclic) bond motifs is 1. The topological polar surface area (TPSA) is 56.1 Å². The highest BCUT2D eigenvalue weighted by molar-refractivity contribution is 5.77. The maximum atomic E-state index is 11.3. The smallest absolute Gasteiger partial charge is 0.220 e. The summed E-state index contributed by atoms with van der Waals surface area (Å²) in [6, 6.07) is 2.75. The van der Waals surface area contributed by atoms with Crippen molar-refractivity contribution in [2.45, 2.75) is 45.6 Å². The minimum atomic E-state index is -0.225. The highest BCUT2D eigenvalue weighted by atomic mass is 16.1. The molecule has 0 aliphatic carbocycles. The number of rotatable bonds is 3. The third kappa shape index (κ3) is 3.23. The number of hydrogen-bond acceptors (Lipinski definition) is 3. The van der Waals surface area contributed by atoms with Crippen LogP contribution in [0.3, 0.4) is 0 Å². The van der Waals surface area contributed by atoms with Gasteiger partial charge in [0.05, 0.1) is 11.5 Å². The van der Waals surface area contributed by atoms with Gasteiger partial charge in [-0.2, -0.15) is 5.26 Å². The fraction of sp³-hybridized carbons (Fsp3) is 0.857. The van der Waals surface area contributed by atoms with Crippen LogP contribution in [0.4, 0.5) is 0 Å². The molecule has 2 unspecified atom stereocenters. The van der Waals surface area contributed by atoms with Crippen LogP contribution in [-0.2, 0) is 4.79 Å². The summed E-state index contributed by atoms with van der Waals surface area (Å²) in [7, 11) is 0. The van der Waals surface area contributed by atoms with Crippen molar-refractivity contribution in [3.63, 3.8) is 0 Å². The maximum absolute atomic E-state index is 11.3. The van der Waals surface area contributed by atoms with Crippen molar-refractivity contribution < 1.29 is 4.79 Å². The average Bonchev–Trinajstić information content (AvgIpc) is 2.36. The number of piperidine rings is 2. The lowest BCUT2D eigenvalue weighted by atomic mass is 9.84. The minimum absolute atomic E-state index is 0.218. The van der Waals surface area contributed by atoms with Gasteiger partial charge in [0.1, 0.15) is 0 Å². The molecule has 18 heavy (non-hydrogen) atoms. The van der Waals surface area contributed by atoms with Crippen LogP contribution >= 0.6 is 0 Å². The molecular weight excluding hydrogens is 226 g/mol. The van der Waals surface area contributed by atoms with Gasteiger partial charge in [-0.15, -0.1) is 0 Å². The molecule has 1 N–H and O–H groups in total. The Morgan fingerprint density at radius 1 is 1.50 bits per heavy atom. The van der Waals surface area contributed by atoms with E-state index in [1.54, 1.807) is 0 Å². The van der Waals surface area contributed by atoms with Crippen molar-refractivity contribution in [1.82, 2.24) is 10.2 Å². The molecule has 1 amide bonds. The Bertz CT molecular complexity index is 359. The zero-order valence-electron chi connectivity index (χ0n) is 11.4. The predicted octanol–water partition coefficient (Wildman–Crippen LogP) is 1.53. The molecule has 0 saturated carbocycles. The van der Waals surface area contributed by atoms with E-state index >= 15 is 0 Å². The number of nitrogens with zero attached hydrogens (tertiary/aromatic N) is 2. The number of carbonyl (C=O) groups is 1. The highest BCUT2D eigenvalue weighted by Crippen LogP contribution is 2.27. The van der Waals surface area contributed by atoms with Crippen LogP contribution in [-0.4, -0.2) is 36.5 Å². The second kappa shape index (κ2) is 5.27. The third-order valence-corrected chi connectivity index (χ3v) is 4.26. The first kappa shape index (κ1) is 13.4. The van der Waals surface area contributed by atoms with Crippen LogP contribution in [0.5, 0.6) is 0 Å². The van der Waals surface area contributed by atoms with Crippen LogP contribution in [0.1, 0.15) is 39.5 Å². The molecule has 0 spiro atoms. The van der Waals surface area contributed by atoms with E-state index in [0.717, 1.165) is 38.9 Å². The third-order valence-electron chi connectivity index (χ3n) is 4.26. The molecule has 2 aliphatic rings. The van der Waals surface area contributed by atoms with Gasteiger partial charge in [0.25, 0.3) is 0 Å². The standard InChI is InChI=1S/C14H23N3O/c1-14(2,10-15)6-8-17-7-5-12-11(9-17)3-4-13(18)16-12/h11-12H,3-9H2,1-2H3,(H,16,18). The number of amides is 1. The van der Waals surface area contributed by atoms with E-state index in [1.807, 2.05) is 13.8 Å². The predicted molar refractivity (Wildman–Crippen MR) is 69.7 cm³/mol. The summed E-state index contributed by atoms with van der Waals surface area (Å²) in [5, 5.41) is 12.1. The lowest BCUT2D eigenvalue weighted by molar-refractivity contribution is -0.125. The monoisotopic (exact) mass is 249 g/mol. The van der Waals surface area contributed by atoms with Gasteiger partial charge in [-0.05, 0) is 45.6 Å². The lowest BCUT2D eigenvalue weighted by Gasteiger charge is -2.41. The summed E-state index contributed by atoms with van der Waals surface area (Å²) in [6.07, 6.45) is 3.68. The summed E-state index contributed by atoms with van der Waals surface area (Å²) in [5.41, 5.74) is -0.225. The molecule has 0 aromatic rings. The Morgan fingerprint density at radius 3 is 3.00 bits per heavy atom. The SMILES string of the molecule is CC(C)(C#N)CCN1CCC2NC(=O)CCC2C1. The van der Waals surface area contributed by atoms with Gasteiger partial charge >= 0.3 is 0 Å². The fourth-order valence-electron chi connectivity index (χ4n) is 2.88. The number of nitriles is 1. The molecule has 0 radical (unpaired) electrons. The molecule has 4 heteroatoms. The minimum Gasteiger partial charge on any atom is -0.353 e. The highest BCUT2D eigenvalue weighted by Gasteiger charge is 2.33. The Hall–Kier alpha value is -1.08. The maximum Gasteiger partial charge on any atom is 0.220 e. The fourth-order valence-corrected chi connectivity index (χ4v) is 2.88. The Kier molecular flexibility index (Phi) is 3.91. The van der Waals surface area contributed by atoms with Crippen LogP contribution < -0.4 is 5.32 Å². The first-order chi connectivity index (χ1) is 8.50. The van der Waals surface area contributed by atoms with Gasteiger partial charge in [-0.25, -0.2) is 0 Å². The molecule has 2 heterocycles. The number of nitrogens with one attached hydrogen (secondary N) is 1. The molecule has 100 valence electrons. The summed E-state index contributed by atoms with van der Waals surface area (Å²) in [4.78, 5) is 13.8. The number of carbonyl (C=O) groups excluding carboxylic acids is 1. The van der Waals surface area contributed by atoms with E-state index in [0.29, 0.717) is 18.4 Å². The molecule has 2 atom stereocenters. The second-order valence-corrected chi connectivity index (χ2v) is 6.31. The molecule has 0 aromatic carbocycles. The van der Waals surface area contributed by atoms with Crippen molar-refractivity contribution in [2.75, 3.05) is 19.6 Å². The molecular formula is C14H23N3O. The molecule has 2 rings (SSSR count). The molecule has 2 fully saturated rings. The van der Waals surface area contributed by atoms with Crippen LogP contribution in [0.25, 0.3) is 0 Å². The van der Waals surface area contributed by atoms with Crippen molar-refractivity contribution in [2.24, 2.45) is 11.3 Å². The van der Waals surface area contributed by atoms with Gasteiger partial charge in [0.2, 0.25) is 5.91 Å². The average molecular weight is 249 g/mol. The summed E-state index contributed by atoms with van der Waals surface area (Å²) in [5.74, 6) is 0.831. The van der Waals surface area contributed by atoms with E-state index in [4.69, 9.17) is 5.26 Å². The van der Waals surface area contributed by atoms with E-state index < -0.39 is 0 Å². The van der Waals surface area contributed by atoms with Gasteiger partial charge in [0, 0.05) is 25.6 Å². The van der Waals surface area contributed by atoms with Gasteiger partial charge < -0.3 is 10.2 Å². The Morgan fingerprint density at radius 2 is 2.28 bits per heavy atom. The Balaban J connectivity index is 1.81. The zero-order chi connectivity index (χ0) is 13.2. The zero-order valence-corrected chi connectivity index (χ0v) is 11.4. The molecule has 0 bridgehead atoms. The second-order valence-electron chi connectivity index (χ2n) is 6.31. The summed E-state index contributed by atoms with van der Waals surface area (Å²) < 4.78 is 0. The van der Waals surface area contributed by atoms with Crippen LogP contribution in [0, 0.1) is 22.7 Å². The quantitative estimate of drug-likeness (QED) is 0.825. The van der Waals surface area contributed by atoms with Crippen LogP contribution in [0.15, 0.2) is 0 Å². The first-order valence-electron chi connectivity index (χ1n) is 6.93. The Labute approximate surface area is 109 Å². The molecule has 2 aliphatic heterocycles. The molecule has 0 aromatic heterocycles. The number of likely N-dealkylation sites (tertiary alicyclic amines) is 1. The molecule has 2 saturated heterocycles. The van der Waals surface area contributed by atoms with Crippen molar-refractivity contribution in [3.05, 3.63) is 0 Å². The van der Waals surface area contributed by atoms with E-state index in [2.05, 4.69) is 16.3 Å². The van der Waals surface area contributed by atoms with Crippen molar-refractivity contribution in [3.8, 4) is 6.07 Å². The lowest BCUT2D eigenvalue weighted by Crippen LogP contribution is -2.54. The summed E-state index contributed by atoms with van der Waals surface area (Å²) in [6.45, 7) is 7.12. The van der Waals surface area contributed by atoms with Crippen molar-refractivity contribution in [1.29, 1.82) is 5.26 Å². The van der Waals surface area contributed by atoms with Crippen molar-refractivity contribution >= 4 is 5.91 Å². The van der Waals surface area contributed by atoms with E-state index in [1.165, 1.54) is 0 Å². The van der Waals surface area contributed by atoms with Crippen LogP contribution in [0.2, 0.25) is 0 Å². The normalized spacial score (nSPS) is 29.3. The summed E-state index contributed by atoms with van der Waals surface area (Å²) >= 11 is 0.